The van der Waals surface area contributed by atoms with Crippen molar-refractivity contribution in [1.29, 1.82) is 0 Å². The molecule has 0 aliphatic rings. The van der Waals surface area contributed by atoms with E-state index in [2.05, 4.69) is 29.7 Å². The molecular weight excluding hydrogens is 485 g/mol. The minimum Gasteiger partial charge on any atom is -0.493 e. The second kappa shape index (κ2) is 10.9. The molecule has 3 heterocycles. The quantitative estimate of drug-likeness (QED) is 0.195. The number of rotatable bonds is 11. The summed E-state index contributed by atoms with van der Waals surface area (Å²) in [6.45, 7) is 8.59. The Bertz CT molecular complexity index is 1300. The Morgan fingerprint density at radius 1 is 1.14 bits per heavy atom. The van der Waals surface area contributed by atoms with E-state index in [1.165, 1.54) is 23.5 Å². The van der Waals surface area contributed by atoms with Crippen LogP contribution in [0.1, 0.15) is 0 Å². The van der Waals surface area contributed by atoms with Crippen LogP contribution in [0.25, 0.3) is 32.5 Å². The topological polar surface area (TPSA) is 78.6 Å². The van der Waals surface area contributed by atoms with Crippen molar-refractivity contribution in [3.63, 3.8) is 0 Å². The SMILES string of the molecule is COCCOc1cc(F)ccc1-c1c(-c2cnn(COCC[Si](C)(C)C)c2)nc(O)c2ccsc12. The van der Waals surface area contributed by atoms with Crippen molar-refractivity contribution in [3.8, 4) is 34.0 Å². The van der Waals surface area contributed by atoms with Crippen LogP contribution in [0.4, 0.5) is 4.39 Å². The molecule has 0 aliphatic carbocycles. The summed E-state index contributed by atoms with van der Waals surface area (Å²) in [5.41, 5.74) is 2.68. The number of ether oxygens (including phenoxy) is 3. The number of nitrogens with zero attached hydrogens (tertiary/aromatic N) is 3. The van der Waals surface area contributed by atoms with E-state index >= 15 is 0 Å². The molecule has 1 N–H and O–H groups in total. The summed E-state index contributed by atoms with van der Waals surface area (Å²) in [6, 6.07) is 7.33. The number of thiophene rings is 1. The highest BCUT2D eigenvalue weighted by Crippen LogP contribution is 2.45. The third-order valence-corrected chi connectivity index (χ3v) is 8.11. The van der Waals surface area contributed by atoms with Gasteiger partial charge in [-0.05, 0) is 29.6 Å². The molecule has 3 aromatic heterocycles. The first kappa shape index (κ1) is 25.3. The van der Waals surface area contributed by atoms with Crippen LogP contribution >= 0.6 is 11.3 Å². The smallest absolute Gasteiger partial charge is 0.220 e. The summed E-state index contributed by atoms with van der Waals surface area (Å²) in [6.07, 6.45) is 3.54. The lowest BCUT2D eigenvalue weighted by atomic mass is 9.98. The summed E-state index contributed by atoms with van der Waals surface area (Å²) in [7, 11) is 0.410. The number of halogens is 1. The number of fused-ring (bicyclic) bond motifs is 1. The van der Waals surface area contributed by atoms with E-state index in [9.17, 15) is 9.50 Å². The first-order valence-corrected chi connectivity index (χ1v) is 16.0. The van der Waals surface area contributed by atoms with Crippen LogP contribution in [0.2, 0.25) is 25.7 Å². The fraction of sp³-hybridized carbons (Fsp3) is 0.360. The molecule has 35 heavy (non-hydrogen) atoms. The maximum Gasteiger partial charge on any atom is 0.220 e. The number of aromatic nitrogens is 3. The normalized spacial score (nSPS) is 11.9. The monoisotopic (exact) mass is 515 g/mol. The lowest BCUT2D eigenvalue weighted by molar-refractivity contribution is 0.0786. The second-order valence-electron chi connectivity index (χ2n) is 9.42. The standard InChI is InChI=1S/C25H30FN3O4SSi/c1-31-8-9-33-21-13-18(26)5-6-19(21)22-23(28-25(30)20-7-11-34-24(20)22)17-14-27-29(15-17)16-32-10-12-35(2,3)4/h5-7,11,13-15H,8-10,12,16H2,1-4H3,(H,28,30). The van der Waals surface area contributed by atoms with Gasteiger partial charge in [0.05, 0.1) is 23.9 Å². The van der Waals surface area contributed by atoms with Crippen LogP contribution in [-0.2, 0) is 16.2 Å². The second-order valence-corrected chi connectivity index (χ2v) is 16.0. The third-order valence-electron chi connectivity index (χ3n) is 5.47. The van der Waals surface area contributed by atoms with Gasteiger partial charge in [-0.15, -0.1) is 11.3 Å². The molecule has 0 saturated carbocycles. The number of aromatic hydroxyl groups is 1. The maximum atomic E-state index is 14.1. The average molecular weight is 516 g/mol. The molecule has 186 valence electrons. The molecule has 10 heteroatoms. The van der Waals surface area contributed by atoms with E-state index in [4.69, 9.17) is 14.2 Å². The zero-order chi connectivity index (χ0) is 25.0. The summed E-state index contributed by atoms with van der Waals surface area (Å²) >= 11 is 1.48. The van der Waals surface area contributed by atoms with Gasteiger partial charge in [0.2, 0.25) is 5.88 Å². The Balaban J connectivity index is 1.73. The van der Waals surface area contributed by atoms with Crippen LogP contribution in [0.3, 0.4) is 0 Å². The highest BCUT2D eigenvalue weighted by molar-refractivity contribution is 7.17. The minimum atomic E-state index is -1.17. The van der Waals surface area contributed by atoms with Gasteiger partial charge in [0.25, 0.3) is 0 Å². The number of methoxy groups -OCH3 is 1. The Kier molecular flexibility index (Phi) is 7.85. The molecule has 4 rings (SSSR count). The van der Waals surface area contributed by atoms with E-state index in [-0.39, 0.29) is 12.5 Å². The van der Waals surface area contributed by atoms with Crippen molar-refractivity contribution in [2.75, 3.05) is 26.9 Å². The largest absolute Gasteiger partial charge is 0.493 e. The average Bonchev–Trinajstić information content (AvgIpc) is 3.47. The highest BCUT2D eigenvalue weighted by atomic mass is 32.1. The van der Waals surface area contributed by atoms with E-state index in [1.807, 2.05) is 17.6 Å². The van der Waals surface area contributed by atoms with E-state index in [0.29, 0.717) is 47.9 Å². The van der Waals surface area contributed by atoms with Crippen molar-refractivity contribution in [3.05, 3.63) is 47.9 Å². The zero-order valence-corrected chi connectivity index (χ0v) is 22.2. The van der Waals surface area contributed by atoms with E-state index in [1.54, 1.807) is 24.1 Å². The Hall–Kier alpha value is -2.79. The van der Waals surface area contributed by atoms with Crippen LogP contribution in [-0.4, -0.2) is 54.9 Å². The van der Waals surface area contributed by atoms with Gasteiger partial charge in [0.1, 0.15) is 24.9 Å². The molecule has 0 bridgehead atoms. The van der Waals surface area contributed by atoms with E-state index in [0.717, 1.165) is 16.3 Å². The van der Waals surface area contributed by atoms with Crippen LogP contribution in [0.5, 0.6) is 11.6 Å². The molecule has 7 nitrogen and oxygen atoms in total. The molecule has 0 radical (unpaired) electrons. The van der Waals surface area contributed by atoms with Gasteiger partial charge in [-0.1, -0.05) is 19.6 Å². The number of hydrogen-bond acceptors (Lipinski definition) is 7. The van der Waals surface area contributed by atoms with Crippen molar-refractivity contribution in [1.82, 2.24) is 14.8 Å². The van der Waals surface area contributed by atoms with Gasteiger partial charge in [0, 0.05) is 55.4 Å². The minimum absolute atomic E-state index is 0.0666. The number of benzene rings is 1. The molecular formula is C25H30FN3O4SSi. The molecule has 0 fully saturated rings. The number of pyridine rings is 1. The van der Waals surface area contributed by atoms with Gasteiger partial charge in [-0.3, -0.25) is 0 Å². The first-order chi connectivity index (χ1) is 16.8. The van der Waals surface area contributed by atoms with Gasteiger partial charge in [0.15, 0.2) is 0 Å². The Labute approximate surface area is 209 Å². The summed E-state index contributed by atoms with van der Waals surface area (Å²) in [5, 5.41) is 17.6. The lowest BCUT2D eigenvalue weighted by Crippen LogP contribution is -2.22. The summed E-state index contributed by atoms with van der Waals surface area (Å²) < 4.78 is 33.5. The fourth-order valence-corrected chi connectivity index (χ4v) is 5.32. The Morgan fingerprint density at radius 3 is 2.74 bits per heavy atom. The molecule has 1 aromatic carbocycles. The first-order valence-electron chi connectivity index (χ1n) is 11.4. The summed E-state index contributed by atoms with van der Waals surface area (Å²) in [4.78, 5) is 4.52. The van der Waals surface area contributed by atoms with Crippen molar-refractivity contribution in [2.24, 2.45) is 0 Å². The predicted octanol–water partition coefficient (Wildman–Crippen LogP) is 6.01. The molecule has 0 spiro atoms. The molecule has 0 aliphatic heterocycles. The molecule has 0 saturated heterocycles. The summed E-state index contributed by atoms with van der Waals surface area (Å²) in [5.74, 6) is -0.0872. The Morgan fingerprint density at radius 2 is 1.97 bits per heavy atom. The van der Waals surface area contributed by atoms with Gasteiger partial charge >= 0.3 is 0 Å². The van der Waals surface area contributed by atoms with Gasteiger partial charge in [-0.25, -0.2) is 14.1 Å². The van der Waals surface area contributed by atoms with Gasteiger partial charge in [-0.2, -0.15) is 5.10 Å². The predicted molar refractivity (Wildman–Crippen MR) is 139 cm³/mol. The fourth-order valence-electron chi connectivity index (χ4n) is 3.62. The van der Waals surface area contributed by atoms with Crippen LogP contribution in [0.15, 0.2) is 42.0 Å². The van der Waals surface area contributed by atoms with Gasteiger partial charge < -0.3 is 19.3 Å². The van der Waals surface area contributed by atoms with Crippen molar-refractivity contribution < 1.29 is 23.7 Å². The van der Waals surface area contributed by atoms with Crippen LogP contribution < -0.4 is 4.74 Å². The third kappa shape index (κ3) is 6.07. The van der Waals surface area contributed by atoms with Crippen molar-refractivity contribution >= 4 is 29.5 Å². The molecule has 4 aromatic rings. The zero-order valence-electron chi connectivity index (χ0n) is 20.4. The number of hydrogen-bond donors (Lipinski definition) is 1. The highest BCUT2D eigenvalue weighted by Gasteiger charge is 2.22. The lowest BCUT2D eigenvalue weighted by Gasteiger charge is -2.16. The maximum absolute atomic E-state index is 14.1. The van der Waals surface area contributed by atoms with Crippen LogP contribution in [0, 0.1) is 5.82 Å². The molecule has 0 atom stereocenters. The van der Waals surface area contributed by atoms with E-state index < -0.39 is 13.9 Å². The van der Waals surface area contributed by atoms with Crippen molar-refractivity contribution in [2.45, 2.75) is 32.4 Å². The molecule has 0 unspecified atom stereocenters. The molecule has 0 amide bonds.